The molecule has 3 aromatic carbocycles. The van der Waals surface area contributed by atoms with Gasteiger partial charge in [0, 0.05) is 19.0 Å². The number of benzene rings is 3. The third-order valence-electron chi connectivity index (χ3n) is 6.62. The highest BCUT2D eigenvalue weighted by Gasteiger charge is 2.33. The Morgan fingerprint density at radius 1 is 0.872 bits per heavy atom. The molecule has 3 aromatic rings. The van der Waals surface area contributed by atoms with Crippen molar-refractivity contribution in [3.63, 3.8) is 0 Å². The van der Waals surface area contributed by atoms with E-state index in [1.165, 1.54) is 4.90 Å². The highest BCUT2D eigenvalue weighted by atomic mass is 32.2. The number of para-hydroxylation sites is 1. The fraction of sp³-hybridized carbons (Fsp3) is 0.355. The highest BCUT2D eigenvalue weighted by molar-refractivity contribution is 7.92. The van der Waals surface area contributed by atoms with Crippen molar-refractivity contribution in [2.24, 2.45) is 0 Å². The minimum atomic E-state index is -3.80. The molecule has 0 saturated carbocycles. The summed E-state index contributed by atoms with van der Waals surface area (Å²) in [5, 5.41) is 2.97. The van der Waals surface area contributed by atoms with Crippen LogP contribution < -0.4 is 9.62 Å². The van der Waals surface area contributed by atoms with Gasteiger partial charge in [0.05, 0.1) is 11.9 Å². The Kier molecular flexibility index (Phi) is 10.3. The zero-order chi connectivity index (χ0) is 28.6. The van der Waals surface area contributed by atoms with Gasteiger partial charge in [-0.2, -0.15) is 0 Å². The monoisotopic (exact) mass is 549 g/mol. The number of rotatable bonds is 12. The lowest BCUT2D eigenvalue weighted by Gasteiger charge is -2.34. The first-order valence-corrected chi connectivity index (χ1v) is 15.1. The van der Waals surface area contributed by atoms with Gasteiger partial charge in [-0.05, 0) is 55.5 Å². The second-order valence-corrected chi connectivity index (χ2v) is 12.0. The summed E-state index contributed by atoms with van der Waals surface area (Å²) in [5.74, 6) is -0.731. The summed E-state index contributed by atoms with van der Waals surface area (Å²) in [6.45, 7) is 7.40. The number of carbonyl (C=O) groups is 2. The van der Waals surface area contributed by atoms with Crippen LogP contribution in [0.25, 0.3) is 0 Å². The van der Waals surface area contributed by atoms with Gasteiger partial charge >= 0.3 is 0 Å². The molecule has 0 fully saturated rings. The highest BCUT2D eigenvalue weighted by Crippen LogP contribution is 2.25. The number of anilines is 1. The maximum Gasteiger partial charge on any atom is 0.244 e. The summed E-state index contributed by atoms with van der Waals surface area (Å²) < 4.78 is 27.1. The molecular weight excluding hydrogens is 510 g/mol. The van der Waals surface area contributed by atoms with Gasteiger partial charge in [0.25, 0.3) is 0 Å². The van der Waals surface area contributed by atoms with Crippen LogP contribution in [0.4, 0.5) is 5.69 Å². The quantitative estimate of drug-likeness (QED) is 0.361. The standard InChI is InChI=1S/C31H39N3O4S/c1-6-26-17-12-13-19-28(26)34(39(5,37)38)22-30(35)33(21-27-18-11-10-14-24(27)4)29(31(36)32-23(2)3)20-25-15-8-7-9-16-25/h7-19,23,29H,6,20-22H2,1-5H3,(H,32,36). The number of carbonyl (C=O) groups excluding carboxylic acids is 2. The van der Waals surface area contributed by atoms with E-state index in [-0.39, 0.29) is 18.5 Å². The van der Waals surface area contributed by atoms with Crippen molar-refractivity contribution < 1.29 is 18.0 Å². The molecule has 0 aliphatic heterocycles. The normalized spacial score (nSPS) is 12.2. The second-order valence-electron chi connectivity index (χ2n) is 10.1. The number of amides is 2. The van der Waals surface area contributed by atoms with E-state index in [2.05, 4.69) is 5.32 Å². The van der Waals surface area contributed by atoms with Crippen molar-refractivity contribution in [1.82, 2.24) is 10.2 Å². The van der Waals surface area contributed by atoms with Crippen molar-refractivity contribution >= 4 is 27.5 Å². The van der Waals surface area contributed by atoms with Gasteiger partial charge in [0.1, 0.15) is 12.6 Å². The Labute approximate surface area is 232 Å². The molecule has 0 heterocycles. The summed E-state index contributed by atoms with van der Waals surface area (Å²) >= 11 is 0. The lowest BCUT2D eigenvalue weighted by Crippen LogP contribution is -2.54. The van der Waals surface area contributed by atoms with Gasteiger partial charge < -0.3 is 10.2 Å². The SMILES string of the molecule is CCc1ccccc1N(CC(=O)N(Cc1ccccc1C)C(Cc1ccccc1)C(=O)NC(C)C)S(C)(=O)=O. The smallest absolute Gasteiger partial charge is 0.244 e. The van der Waals surface area contributed by atoms with Crippen molar-refractivity contribution in [2.75, 3.05) is 17.1 Å². The van der Waals surface area contributed by atoms with E-state index >= 15 is 0 Å². The predicted octanol–water partition coefficient (Wildman–Crippen LogP) is 4.49. The number of aryl methyl sites for hydroxylation is 2. The molecule has 2 amide bonds. The van der Waals surface area contributed by atoms with Crippen LogP contribution in [0.2, 0.25) is 0 Å². The first kappa shape index (κ1) is 29.9. The molecule has 208 valence electrons. The average Bonchev–Trinajstić information content (AvgIpc) is 2.89. The van der Waals surface area contributed by atoms with Crippen LogP contribution in [0, 0.1) is 6.92 Å². The Morgan fingerprint density at radius 3 is 2.05 bits per heavy atom. The van der Waals surface area contributed by atoms with E-state index in [1.807, 2.05) is 94.4 Å². The fourth-order valence-corrected chi connectivity index (χ4v) is 5.43. The lowest BCUT2D eigenvalue weighted by atomic mass is 10.0. The molecule has 0 bridgehead atoms. The zero-order valence-corrected chi connectivity index (χ0v) is 24.2. The molecule has 1 atom stereocenters. The minimum Gasteiger partial charge on any atom is -0.352 e. The first-order valence-electron chi connectivity index (χ1n) is 13.2. The third kappa shape index (κ3) is 8.17. The van der Waals surface area contributed by atoms with E-state index in [0.717, 1.165) is 32.8 Å². The molecule has 8 heteroatoms. The van der Waals surface area contributed by atoms with Crippen LogP contribution in [0.1, 0.15) is 43.0 Å². The van der Waals surface area contributed by atoms with Crippen LogP contribution in [-0.2, 0) is 39.0 Å². The Balaban J connectivity index is 2.09. The molecule has 1 unspecified atom stereocenters. The molecular formula is C31H39N3O4S. The van der Waals surface area contributed by atoms with Gasteiger partial charge in [0.2, 0.25) is 21.8 Å². The van der Waals surface area contributed by atoms with Crippen molar-refractivity contribution in [1.29, 1.82) is 0 Å². The number of sulfonamides is 1. The summed E-state index contributed by atoms with van der Waals surface area (Å²) in [6, 6.07) is 23.4. The van der Waals surface area contributed by atoms with Gasteiger partial charge in [0.15, 0.2) is 0 Å². The minimum absolute atomic E-state index is 0.130. The molecule has 0 spiro atoms. The molecule has 0 radical (unpaired) electrons. The molecule has 0 aliphatic rings. The van der Waals surface area contributed by atoms with Gasteiger partial charge in [-0.15, -0.1) is 0 Å². The summed E-state index contributed by atoms with van der Waals surface area (Å²) in [5.41, 5.74) is 4.06. The predicted molar refractivity (Wildman–Crippen MR) is 157 cm³/mol. The van der Waals surface area contributed by atoms with Crippen molar-refractivity contribution in [2.45, 2.75) is 59.2 Å². The van der Waals surface area contributed by atoms with E-state index in [4.69, 9.17) is 0 Å². The van der Waals surface area contributed by atoms with Crippen LogP contribution in [0.15, 0.2) is 78.9 Å². The Bertz CT molecular complexity index is 1370. The summed E-state index contributed by atoms with van der Waals surface area (Å²) in [4.78, 5) is 29.3. The van der Waals surface area contributed by atoms with E-state index in [1.54, 1.807) is 12.1 Å². The molecule has 39 heavy (non-hydrogen) atoms. The fourth-order valence-electron chi connectivity index (χ4n) is 4.55. The molecule has 1 N–H and O–H groups in total. The van der Waals surface area contributed by atoms with Crippen LogP contribution in [0.5, 0.6) is 0 Å². The Morgan fingerprint density at radius 2 is 1.46 bits per heavy atom. The number of hydrogen-bond donors (Lipinski definition) is 1. The maximum atomic E-state index is 14.2. The van der Waals surface area contributed by atoms with E-state index in [9.17, 15) is 18.0 Å². The topological polar surface area (TPSA) is 86.8 Å². The molecule has 3 rings (SSSR count). The third-order valence-corrected chi connectivity index (χ3v) is 7.75. The van der Waals surface area contributed by atoms with Gasteiger partial charge in [-0.1, -0.05) is 79.7 Å². The van der Waals surface area contributed by atoms with Crippen LogP contribution in [-0.4, -0.2) is 50.0 Å². The van der Waals surface area contributed by atoms with Crippen molar-refractivity contribution in [3.8, 4) is 0 Å². The van der Waals surface area contributed by atoms with E-state index < -0.39 is 28.5 Å². The van der Waals surface area contributed by atoms with Crippen LogP contribution >= 0.6 is 0 Å². The largest absolute Gasteiger partial charge is 0.352 e. The summed E-state index contributed by atoms with van der Waals surface area (Å²) in [6.07, 6.45) is 2.00. The first-order chi connectivity index (χ1) is 18.5. The Hall–Kier alpha value is -3.65. The molecule has 7 nitrogen and oxygen atoms in total. The number of nitrogens with zero attached hydrogens (tertiary/aromatic N) is 2. The zero-order valence-electron chi connectivity index (χ0n) is 23.4. The molecule has 0 aliphatic carbocycles. The van der Waals surface area contributed by atoms with Gasteiger partial charge in [-0.25, -0.2) is 8.42 Å². The molecule has 0 saturated heterocycles. The van der Waals surface area contributed by atoms with Crippen molar-refractivity contribution in [3.05, 3.63) is 101 Å². The number of nitrogens with one attached hydrogen (secondary N) is 1. The second kappa shape index (κ2) is 13.4. The lowest BCUT2D eigenvalue weighted by molar-refractivity contribution is -0.140. The van der Waals surface area contributed by atoms with Gasteiger partial charge in [-0.3, -0.25) is 13.9 Å². The number of hydrogen-bond acceptors (Lipinski definition) is 4. The van der Waals surface area contributed by atoms with Crippen LogP contribution in [0.3, 0.4) is 0 Å². The average molecular weight is 550 g/mol. The summed E-state index contributed by atoms with van der Waals surface area (Å²) in [7, 11) is -3.80. The molecule has 0 aromatic heterocycles. The van der Waals surface area contributed by atoms with E-state index in [0.29, 0.717) is 18.5 Å². The maximum absolute atomic E-state index is 14.2.